The molecule has 0 radical (unpaired) electrons. The van der Waals surface area contributed by atoms with E-state index < -0.39 is 0 Å². The Labute approximate surface area is 111 Å². The first-order chi connectivity index (χ1) is 8.76. The van der Waals surface area contributed by atoms with E-state index in [0.717, 1.165) is 32.5 Å². The Hall–Kier alpha value is -0.860. The van der Waals surface area contributed by atoms with Crippen LogP contribution >= 0.6 is 0 Å². The Bertz CT molecular complexity index is 323. The molecule has 1 unspecified atom stereocenters. The molecule has 0 aliphatic heterocycles. The molecule has 2 heteroatoms. The third kappa shape index (κ3) is 6.18. The number of unbranched alkanes of at least 4 members (excludes halogenated alkanes) is 1. The van der Waals surface area contributed by atoms with Crippen molar-refractivity contribution in [3.05, 3.63) is 35.4 Å². The fourth-order valence-corrected chi connectivity index (χ4v) is 2.03. The third-order valence-corrected chi connectivity index (χ3v) is 3.18. The summed E-state index contributed by atoms with van der Waals surface area (Å²) in [5.41, 5.74) is 2.59. The number of ether oxygens (including phenoxy) is 1. The molecule has 0 amide bonds. The van der Waals surface area contributed by atoms with Gasteiger partial charge in [0.1, 0.15) is 0 Å². The predicted octanol–water partition coefficient (Wildman–Crippen LogP) is 3.35. The van der Waals surface area contributed by atoms with Crippen molar-refractivity contribution >= 4 is 0 Å². The zero-order valence-electron chi connectivity index (χ0n) is 11.7. The van der Waals surface area contributed by atoms with Gasteiger partial charge in [-0.1, -0.05) is 43.2 Å². The van der Waals surface area contributed by atoms with Gasteiger partial charge in [-0.3, -0.25) is 0 Å². The van der Waals surface area contributed by atoms with Crippen LogP contribution in [0.5, 0.6) is 0 Å². The molecule has 2 nitrogen and oxygen atoms in total. The van der Waals surface area contributed by atoms with E-state index in [1.54, 1.807) is 0 Å². The van der Waals surface area contributed by atoms with Crippen LogP contribution < -0.4 is 0 Å². The second-order valence-corrected chi connectivity index (χ2v) is 5.00. The molecular weight excluding hydrogens is 224 g/mol. The number of benzene rings is 1. The first-order valence-corrected chi connectivity index (χ1v) is 7.00. The van der Waals surface area contributed by atoms with Crippen LogP contribution in [-0.4, -0.2) is 24.9 Å². The average molecular weight is 250 g/mol. The molecule has 1 rings (SSSR count). The van der Waals surface area contributed by atoms with Gasteiger partial charge in [0.25, 0.3) is 0 Å². The zero-order chi connectivity index (χ0) is 13.2. The summed E-state index contributed by atoms with van der Waals surface area (Å²) < 4.78 is 5.56. The van der Waals surface area contributed by atoms with Crippen molar-refractivity contribution in [1.29, 1.82) is 0 Å². The normalized spacial score (nSPS) is 12.6. The highest BCUT2D eigenvalue weighted by Crippen LogP contribution is 2.13. The molecule has 1 atom stereocenters. The molecule has 18 heavy (non-hydrogen) atoms. The van der Waals surface area contributed by atoms with Crippen LogP contribution in [0.25, 0.3) is 0 Å². The summed E-state index contributed by atoms with van der Waals surface area (Å²) >= 11 is 0. The summed E-state index contributed by atoms with van der Waals surface area (Å²) in [6.07, 6.45) is 4.18. The molecule has 0 aromatic heterocycles. The lowest BCUT2D eigenvalue weighted by Crippen LogP contribution is -2.13. The SMILES string of the molecule is CCCCOCCC(CO)Cc1cccc(C)c1. The van der Waals surface area contributed by atoms with Crippen molar-refractivity contribution < 1.29 is 9.84 Å². The van der Waals surface area contributed by atoms with Crippen LogP contribution in [-0.2, 0) is 11.2 Å². The highest BCUT2D eigenvalue weighted by molar-refractivity contribution is 5.22. The average Bonchev–Trinajstić information content (AvgIpc) is 2.37. The van der Waals surface area contributed by atoms with E-state index in [1.807, 2.05) is 0 Å². The predicted molar refractivity (Wildman–Crippen MR) is 75.8 cm³/mol. The summed E-state index contributed by atoms with van der Waals surface area (Å²) in [5, 5.41) is 9.40. The van der Waals surface area contributed by atoms with Crippen molar-refractivity contribution in [3.8, 4) is 0 Å². The minimum absolute atomic E-state index is 0.241. The number of hydrogen-bond acceptors (Lipinski definition) is 2. The van der Waals surface area contributed by atoms with Gasteiger partial charge in [-0.15, -0.1) is 0 Å². The lowest BCUT2D eigenvalue weighted by Gasteiger charge is -2.14. The maximum Gasteiger partial charge on any atom is 0.0469 e. The maximum absolute atomic E-state index is 9.40. The molecule has 0 saturated heterocycles. The quantitative estimate of drug-likeness (QED) is 0.681. The molecule has 0 saturated carbocycles. The number of aliphatic hydroxyl groups excluding tert-OH is 1. The molecule has 0 bridgehead atoms. The Balaban J connectivity index is 2.28. The van der Waals surface area contributed by atoms with Crippen molar-refractivity contribution in [2.75, 3.05) is 19.8 Å². The molecule has 1 aromatic rings. The maximum atomic E-state index is 9.40. The van der Waals surface area contributed by atoms with E-state index in [1.165, 1.54) is 17.5 Å². The smallest absolute Gasteiger partial charge is 0.0469 e. The van der Waals surface area contributed by atoms with E-state index in [0.29, 0.717) is 5.92 Å². The minimum Gasteiger partial charge on any atom is -0.396 e. The van der Waals surface area contributed by atoms with Crippen LogP contribution in [0.3, 0.4) is 0 Å². The van der Waals surface area contributed by atoms with E-state index in [9.17, 15) is 5.11 Å². The Morgan fingerprint density at radius 2 is 2.11 bits per heavy atom. The molecule has 102 valence electrons. The van der Waals surface area contributed by atoms with Crippen LogP contribution in [0.15, 0.2) is 24.3 Å². The molecule has 1 N–H and O–H groups in total. The Morgan fingerprint density at radius 1 is 1.28 bits per heavy atom. The van der Waals surface area contributed by atoms with Gasteiger partial charge in [0, 0.05) is 19.8 Å². The van der Waals surface area contributed by atoms with Crippen molar-refractivity contribution in [1.82, 2.24) is 0 Å². The van der Waals surface area contributed by atoms with Gasteiger partial charge in [-0.05, 0) is 37.7 Å². The van der Waals surface area contributed by atoms with E-state index in [2.05, 4.69) is 38.1 Å². The number of aliphatic hydroxyl groups is 1. The molecule has 0 spiro atoms. The highest BCUT2D eigenvalue weighted by Gasteiger charge is 2.08. The second-order valence-electron chi connectivity index (χ2n) is 5.00. The van der Waals surface area contributed by atoms with E-state index in [4.69, 9.17) is 4.74 Å². The molecule has 1 aromatic carbocycles. The van der Waals surface area contributed by atoms with Gasteiger partial charge in [0.15, 0.2) is 0 Å². The zero-order valence-corrected chi connectivity index (χ0v) is 11.7. The topological polar surface area (TPSA) is 29.5 Å². The molecule has 0 aliphatic carbocycles. The Morgan fingerprint density at radius 3 is 2.78 bits per heavy atom. The van der Waals surface area contributed by atoms with Gasteiger partial charge in [-0.2, -0.15) is 0 Å². The number of rotatable bonds is 9. The van der Waals surface area contributed by atoms with E-state index >= 15 is 0 Å². The van der Waals surface area contributed by atoms with Gasteiger partial charge in [0.2, 0.25) is 0 Å². The van der Waals surface area contributed by atoms with Crippen molar-refractivity contribution in [2.24, 2.45) is 5.92 Å². The fourth-order valence-electron chi connectivity index (χ4n) is 2.03. The molecule has 0 aliphatic rings. The van der Waals surface area contributed by atoms with Crippen LogP contribution in [0.2, 0.25) is 0 Å². The van der Waals surface area contributed by atoms with Crippen LogP contribution in [0.4, 0.5) is 0 Å². The van der Waals surface area contributed by atoms with Gasteiger partial charge in [0.05, 0.1) is 0 Å². The standard InChI is InChI=1S/C16H26O2/c1-3-4-9-18-10-8-16(13-17)12-15-7-5-6-14(2)11-15/h5-7,11,16-17H,3-4,8-10,12-13H2,1-2H3. The summed E-state index contributed by atoms with van der Waals surface area (Å²) in [7, 11) is 0. The first kappa shape index (κ1) is 15.2. The lowest BCUT2D eigenvalue weighted by atomic mass is 9.96. The largest absolute Gasteiger partial charge is 0.396 e. The number of hydrogen-bond donors (Lipinski definition) is 1. The Kier molecular flexibility index (Phi) is 7.70. The molecular formula is C16H26O2. The van der Waals surface area contributed by atoms with Gasteiger partial charge < -0.3 is 9.84 Å². The highest BCUT2D eigenvalue weighted by atomic mass is 16.5. The molecule has 0 fully saturated rings. The van der Waals surface area contributed by atoms with Gasteiger partial charge >= 0.3 is 0 Å². The minimum atomic E-state index is 0.241. The van der Waals surface area contributed by atoms with Gasteiger partial charge in [-0.25, -0.2) is 0 Å². The summed E-state index contributed by atoms with van der Waals surface area (Å²) in [6, 6.07) is 8.51. The molecule has 0 heterocycles. The monoisotopic (exact) mass is 250 g/mol. The van der Waals surface area contributed by atoms with Crippen molar-refractivity contribution in [2.45, 2.75) is 39.5 Å². The fraction of sp³-hybridized carbons (Fsp3) is 0.625. The first-order valence-electron chi connectivity index (χ1n) is 7.00. The van der Waals surface area contributed by atoms with Crippen molar-refractivity contribution in [3.63, 3.8) is 0 Å². The van der Waals surface area contributed by atoms with Crippen LogP contribution in [0.1, 0.15) is 37.3 Å². The number of aryl methyl sites for hydroxylation is 1. The summed E-state index contributed by atoms with van der Waals surface area (Å²) in [5.74, 6) is 0.313. The lowest BCUT2D eigenvalue weighted by molar-refractivity contribution is 0.104. The second kappa shape index (κ2) is 9.12. The van der Waals surface area contributed by atoms with Crippen LogP contribution in [0, 0.1) is 12.8 Å². The van der Waals surface area contributed by atoms with E-state index in [-0.39, 0.29) is 6.61 Å². The third-order valence-electron chi connectivity index (χ3n) is 3.18. The summed E-state index contributed by atoms with van der Waals surface area (Å²) in [6.45, 7) is 6.12. The summed E-state index contributed by atoms with van der Waals surface area (Å²) in [4.78, 5) is 0.